The van der Waals surface area contributed by atoms with Crippen molar-refractivity contribution in [1.29, 1.82) is 5.26 Å². The summed E-state index contributed by atoms with van der Waals surface area (Å²) in [6, 6.07) is 16.5. The fraction of sp³-hybridized carbons (Fsp3) is 0.222. The standard InChI is InChI=1S/C18H17NO3/c1-13(15-6-4-3-5-7-15)10-18(20)22-16-9-8-14(12-19)11-17(16)21-2/h3-9,11,13H,10H2,1-2H3/t13-/m0/s1. The number of hydrogen-bond acceptors (Lipinski definition) is 4. The van der Waals surface area contributed by atoms with Crippen LogP contribution in [0, 0.1) is 11.3 Å². The summed E-state index contributed by atoms with van der Waals surface area (Å²) in [6.45, 7) is 1.98. The molecule has 0 aromatic heterocycles. The summed E-state index contributed by atoms with van der Waals surface area (Å²) in [5, 5.41) is 8.86. The molecule has 112 valence electrons. The van der Waals surface area contributed by atoms with Gasteiger partial charge >= 0.3 is 5.97 Å². The zero-order chi connectivity index (χ0) is 15.9. The predicted molar refractivity (Wildman–Crippen MR) is 82.8 cm³/mol. The molecule has 2 aromatic rings. The summed E-state index contributed by atoms with van der Waals surface area (Å²) in [5.74, 6) is 0.434. The van der Waals surface area contributed by atoms with E-state index in [1.807, 2.05) is 43.3 Å². The molecular formula is C18H17NO3. The molecule has 0 unspecified atom stereocenters. The predicted octanol–water partition coefficient (Wildman–Crippen LogP) is 3.67. The SMILES string of the molecule is COc1cc(C#N)ccc1OC(=O)C[C@H](C)c1ccccc1. The Morgan fingerprint density at radius 2 is 1.91 bits per heavy atom. The number of esters is 1. The number of rotatable bonds is 5. The molecule has 22 heavy (non-hydrogen) atoms. The van der Waals surface area contributed by atoms with E-state index < -0.39 is 0 Å². The smallest absolute Gasteiger partial charge is 0.311 e. The van der Waals surface area contributed by atoms with Gasteiger partial charge in [0.15, 0.2) is 11.5 Å². The van der Waals surface area contributed by atoms with E-state index in [0.29, 0.717) is 17.1 Å². The van der Waals surface area contributed by atoms with Gasteiger partial charge in [0.2, 0.25) is 0 Å². The Morgan fingerprint density at radius 1 is 1.18 bits per heavy atom. The summed E-state index contributed by atoms with van der Waals surface area (Å²) in [6.07, 6.45) is 0.271. The van der Waals surface area contributed by atoms with Crippen LogP contribution in [-0.4, -0.2) is 13.1 Å². The average molecular weight is 295 g/mol. The molecule has 0 radical (unpaired) electrons. The largest absolute Gasteiger partial charge is 0.493 e. The topological polar surface area (TPSA) is 59.3 Å². The van der Waals surface area contributed by atoms with Crippen molar-refractivity contribution in [3.05, 3.63) is 59.7 Å². The molecule has 0 bridgehead atoms. The molecule has 0 aliphatic carbocycles. The lowest BCUT2D eigenvalue weighted by molar-refractivity contribution is -0.134. The van der Waals surface area contributed by atoms with Gasteiger partial charge in [-0.1, -0.05) is 37.3 Å². The molecule has 2 rings (SSSR count). The highest BCUT2D eigenvalue weighted by Gasteiger charge is 2.15. The van der Waals surface area contributed by atoms with Crippen molar-refractivity contribution in [2.24, 2.45) is 0 Å². The third-order valence-corrected chi connectivity index (χ3v) is 3.36. The lowest BCUT2D eigenvalue weighted by atomic mass is 9.98. The van der Waals surface area contributed by atoms with Crippen LogP contribution >= 0.6 is 0 Å². The van der Waals surface area contributed by atoms with Crippen molar-refractivity contribution in [2.45, 2.75) is 19.3 Å². The van der Waals surface area contributed by atoms with E-state index in [1.54, 1.807) is 18.2 Å². The van der Waals surface area contributed by atoms with Crippen molar-refractivity contribution in [3.63, 3.8) is 0 Å². The molecule has 0 aliphatic heterocycles. The second-order valence-electron chi connectivity index (χ2n) is 4.97. The summed E-state index contributed by atoms with van der Waals surface area (Å²) in [4.78, 5) is 12.1. The first kappa shape index (κ1) is 15.6. The molecule has 4 nitrogen and oxygen atoms in total. The second kappa shape index (κ2) is 7.28. The van der Waals surface area contributed by atoms with Gasteiger partial charge in [-0.2, -0.15) is 5.26 Å². The first-order chi connectivity index (χ1) is 10.6. The van der Waals surface area contributed by atoms with E-state index in [9.17, 15) is 4.79 Å². The summed E-state index contributed by atoms with van der Waals surface area (Å²) in [5.41, 5.74) is 1.54. The van der Waals surface area contributed by atoms with Crippen molar-refractivity contribution < 1.29 is 14.3 Å². The molecule has 4 heteroatoms. The van der Waals surface area contributed by atoms with Crippen LogP contribution in [0.15, 0.2) is 48.5 Å². The van der Waals surface area contributed by atoms with Gasteiger partial charge in [-0.05, 0) is 23.6 Å². The molecule has 0 saturated heterocycles. The summed E-state index contributed by atoms with van der Waals surface area (Å²) in [7, 11) is 1.47. The Bertz CT molecular complexity index is 689. The Hall–Kier alpha value is -2.80. The zero-order valence-electron chi connectivity index (χ0n) is 12.6. The first-order valence-electron chi connectivity index (χ1n) is 6.97. The maximum absolute atomic E-state index is 12.1. The van der Waals surface area contributed by atoms with Gasteiger partial charge in [-0.25, -0.2) is 0 Å². The van der Waals surface area contributed by atoms with Gasteiger partial charge in [0.05, 0.1) is 25.2 Å². The maximum atomic E-state index is 12.1. The fourth-order valence-electron chi connectivity index (χ4n) is 2.14. The van der Waals surface area contributed by atoms with E-state index >= 15 is 0 Å². The normalized spacial score (nSPS) is 11.3. The quantitative estimate of drug-likeness (QED) is 0.624. The van der Waals surface area contributed by atoms with Crippen LogP contribution in [0.25, 0.3) is 0 Å². The maximum Gasteiger partial charge on any atom is 0.311 e. The van der Waals surface area contributed by atoms with Gasteiger partial charge in [0, 0.05) is 6.07 Å². The number of carbonyl (C=O) groups excluding carboxylic acids is 1. The number of nitrogens with zero attached hydrogens (tertiary/aromatic N) is 1. The van der Waals surface area contributed by atoms with Crippen LogP contribution in [0.5, 0.6) is 11.5 Å². The lowest BCUT2D eigenvalue weighted by Gasteiger charge is -2.13. The average Bonchev–Trinajstić information content (AvgIpc) is 2.55. The summed E-state index contributed by atoms with van der Waals surface area (Å²) < 4.78 is 10.5. The first-order valence-corrected chi connectivity index (χ1v) is 6.97. The Balaban J connectivity index is 2.05. The molecule has 0 amide bonds. The molecule has 0 fully saturated rings. The van der Waals surface area contributed by atoms with Crippen molar-refractivity contribution in [3.8, 4) is 17.6 Å². The number of benzene rings is 2. The highest BCUT2D eigenvalue weighted by molar-refractivity contribution is 5.74. The number of ether oxygens (including phenoxy) is 2. The van der Waals surface area contributed by atoms with Gasteiger partial charge in [-0.15, -0.1) is 0 Å². The molecule has 0 heterocycles. The summed E-state index contributed by atoms with van der Waals surface area (Å²) >= 11 is 0. The van der Waals surface area contributed by atoms with E-state index in [-0.39, 0.29) is 18.3 Å². The van der Waals surface area contributed by atoms with Crippen LogP contribution in [0.4, 0.5) is 0 Å². The van der Waals surface area contributed by atoms with E-state index in [1.165, 1.54) is 7.11 Å². The van der Waals surface area contributed by atoms with E-state index in [4.69, 9.17) is 14.7 Å². The van der Waals surface area contributed by atoms with Crippen molar-refractivity contribution >= 4 is 5.97 Å². The molecule has 0 spiro atoms. The van der Waals surface area contributed by atoms with Crippen LogP contribution < -0.4 is 9.47 Å². The molecular weight excluding hydrogens is 278 g/mol. The highest BCUT2D eigenvalue weighted by Crippen LogP contribution is 2.29. The van der Waals surface area contributed by atoms with Gasteiger partial charge in [0.1, 0.15) is 0 Å². The van der Waals surface area contributed by atoms with Crippen LogP contribution in [0.2, 0.25) is 0 Å². The van der Waals surface area contributed by atoms with Crippen molar-refractivity contribution in [1.82, 2.24) is 0 Å². The zero-order valence-corrected chi connectivity index (χ0v) is 12.6. The third kappa shape index (κ3) is 3.86. The molecule has 0 aliphatic rings. The van der Waals surface area contributed by atoms with E-state index in [0.717, 1.165) is 5.56 Å². The molecule has 0 saturated carbocycles. The minimum Gasteiger partial charge on any atom is -0.493 e. The monoisotopic (exact) mass is 295 g/mol. The molecule has 2 aromatic carbocycles. The lowest BCUT2D eigenvalue weighted by Crippen LogP contribution is -2.12. The highest BCUT2D eigenvalue weighted by atomic mass is 16.6. The van der Waals surface area contributed by atoms with Gasteiger partial charge in [-0.3, -0.25) is 4.79 Å². The van der Waals surface area contributed by atoms with Crippen molar-refractivity contribution in [2.75, 3.05) is 7.11 Å². The number of carbonyl (C=O) groups is 1. The Kier molecular flexibility index (Phi) is 5.16. The van der Waals surface area contributed by atoms with Gasteiger partial charge in [0.25, 0.3) is 0 Å². The van der Waals surface area contributed by atoms with Gasteiger partial charge < -0.3 is 9.47 Å². The minimum absolute atomic E-state index is 0.0677. The number of hydrogen-bond donors (Lipinski definition) is 0. The Morgan fingerprint density at radius 3 is 2.55 bits per heavy atom. The van der Waals surface area contributed by atoms with Crippen LogP contribution in [0.1, 0.15) is 30.4 Å². The van der Waals surface area contributed by atoms with Crippen LogP contribution in [0.3, 0.4) is 0 Å². The third-order valence-electron chi connectivity index (χ3n) is 3.36. The Labute approximate surface area is 129 Å². The fourth-order valence-corrected chi connectivity index (χ4v) is 2.14. The minimum atomic E-state index is -0.334. The second-order valence-corrected chi connectivity index (χ2v) is 4.97. The van der Waals surface area contributed by atoms with Crippen LogP contribution in [-0.2, 0) is 4.79 Å². The number of methoxy groups -OCH3 is 1. The molecule has 1 atom stereocenters. The van der Waals surface area contributed by atoms with E-state index in [2.05, 4.69) is 0 Å². The number of nitriles is 1. The molecule has 0 N–H and O–H groups in total.